The van der Waals surface area contributed by atoms with Crippen molar-refractivity contribution >= 4 is 0 Å². The third-order valence-corrected chi connectivity index (χ3v) is 3.49. The molecule has 0 bridgehead atoms. The number of piperidine rings is 1. The number of nitrogens with zero attached hydrogens (tertiary/aromatic N) is 1. The molecule has 12 heavy (non-hydrogen) atoms. The van der Waals surface area contributed by atoms with Gasteiger partial charge in [-0.1, -0.05) is 6.92 Å². The summed E-state index contributed by atoms with van der Waals surface area (Å²) in [6, 6.07) is 0.512. The van der Waals surface area contributed by atoms with Crippen LogP contribution in [0, 0.1) is 5.92 Å². The van der Waals surface area contributed by atoms with Crippen LogP contribution < -0.4 is 0 Å². The normalized spacial score (nSPS) is 39.5. The van der Waals surface area contributed by atoms with E-state index in [0.717, 1.165) is 12.3 Å². The molecule has 1 saturated carbocycles. The van der Waals surface area contributed by atoms with Gasteiger partial charge in [0, 0.05) is 6.04 Å². The summed E-state index contributed by atoms with van der Waals surface area (Å²) in [7, 11) is 0. The third-order valence-electron chi connectivity index (χ3n) is 3.49. The van der Waals surface area contributed by atoms with E-state index < -0.39 is 0 Å². The minimum absolute atomic E-state index is 0.0154. The van der Waals surface area contributed by atoms with Gasteiger partial charge in [-0.3, -0.25) is 4.90 Å². The molecule has 2 atom stereocenters. The van der Waals surface area contributed by atoms with E-state index in [2.05, 4.69) is 11.8 Å². The second-order valence-corrected chi connectivity index (χ2v) is 4.43. The predicted octanol–water partition coefficient (Wildman–Crippen LogP) is 1.24. The molecule has 0 radical (unpaired) electrons. The van der Waals surface area contributed by atoms with Crippen molar-refractivity contribution in [1.29, 1.82) is 0 Å². The molecule has 70 valence electrons. The van der Waals surface area contributed by atoms with E-state index >= 15 is 0 Å². The van der Waals surface area contributed by atoms with Crippen molar-refractivity contribution in [3.8, 4) is 0 Å². The zero-order chi connectivity index (χ0) is 8.55. The lowest BCUT2D eigenvalue weighted by Gasteiger charge is -2.44. The molecule has 0 aromatic carbocycles. The third kappa shape index (κ3) is 1.50. The largest absolute Gasteiger partial charge is 0.391 e. The highest BCUT2D eigenvalue weighted by molar-refractivity contribution is 4.90. The van der Waals surface area contributed by atoms with E-state index in [0.29, 0.717) is 6.04 Å². The molecule has 0 spiro atoms. The number of rotatable bonds is 1. The molecule has 1 aliphatic carbocycles. The minimum atomic E-state index is -0.0154. The van der Waals surface area contributed by atoms with Crippen molar-refractivity contribution in [3.63, 3.8) is 0 Å². The standard InChI is InChI=1S/C10H19NO/c1-8-4-6-11(7-5-8)9-2-3-10(9)12/h8-10,12H,2-7H2,1H3. The Morgan fingerprint density at radius 2 is 1.75 bits per heavy atom. The molecular weight excluding hydrogens is 150 g/mol. The number of aliphatic hydroxyl groups excluding tert-OH is 1. The molecule has 0 aromatic rings. The van der Waals surface area contributed by atoms with Crippen molar-refractivity contribution in [2.45, 2.75) is 44.8 Å². The second-order valence-electron chi connectivity index (χ2n) is 4.43. The molecule has 2 fully saturated rings. The maximum atomic E-state index is 9.48. The molecular formula is C10H19NO. The fourth-order valence-electron chi connectivity index (χ4n) is 2.25. The summed E-state index contributed by atoms with van der Waals surface area (Å²) in [5.41, 5.74) is 0. The van der Waals surface area contributed by atoms with Crippen LogP contribution in [0.1, 0.15) is 32.6 Å². The maximum absolute atomic E-state index is 9.48. The van der Waals surface area contributed by atoms with Crippen molar-refractivity contribution in [2.24, 2.45) is 5.92 Å². The van der Waals surface area contributed by atoms with Gasteiger partial charge in [-0.05, 0) is 44.7 Å². The Bertz CT molecular complexity index is 152. The molecule has 1 N–H and O–H groups in total. The highest BCUT2D eigenvalue weighted by Gasteiger charge is 2.34. The molecule has 0 amide bonds. The summed E-state index contributed by atoms with van der Waals surface area (Å²) in [5, 5.41) is 9.48. The SMILES string of the molecule is CC1CCN(C2CCC2O)CC1. The zero-order valence-electron chi connectivity index (χ0n) is 7.87. The van der Waals surface area contributed by atoms with Gasteiger partial charge in [-0.2, -0.15) is 0 Å². The van der Waals surface area contributed by atoms with E-state index in [1.807, 2.05) is 0 Å². The minimum Gasteiger partial charge on any atom is -0.391 e. The number of hydrogen-bond donors (Lipinski definition) is 1. The lowest BCUT2D eigenvalue weighted by atomic mass is 9.85. The van der Waals surface area contributed by atoms with Crippen LogP contribution >= 0.6 is 0 Å². The topological polar surface area (TPSA) is 23.5 Å². The van der Waals surface area contributed by atoms with E-state index in [4.69, 9.17) is 0 Å². The second kappa shape index (κ2) is 3.35. The van der Waals surface area contributed by atoms with Gasteiger partial charge in [0.25, 0.3) is 0 Å². The first kappa shape index (κ1) is 8.52. The van der Waals surface area contributed by atoms with Crippen LogP contribution in [0.2, 0.25) is 0 Å². The molecule has 2 nitrogen and oxygen atoms in total. The Kier molecular flexibility index (Phi) is 2.37. The van der Waals surface area contributed by atoms with Crippen LogP contribution in [-0.2, 0) is 0 Å². The maximum Gasteiger partial charge on any atom is 0.0696 e. The summed E-state index contributed by atoms with van der Waals surface area (Å²) in [6.45, 7) is 4.75. The average molecular weight is 169 g/mol. The van der Waals surface area contributed by atoms with Gasteiger partial charge in [0.15, 0.2) is 0 Å². The van der Waals surface area contributed by atoms with Crippen molar-refractivity contribution in [2.75, 3.05) is 13.1 Å². The molecule has 2 unspecified atom stereocenters. The summed E-state index contributed by atoms with van der Waals surface area (Å²) >= 11 is 0. The molecule has 1 saturated heterocycles. The first-order valence-electron chi connectivity index (χ1n) is 5.19. The van der Waals surface area contributed by atoms with Crippen molar-refractivity contribution in [1.82, 2.24) is 4.90 Å². The molecule has 2 rings (SSSR count). The fourth-order valence-corrected chi connectivity index (χ4v) is 2.25. The fraction of sp³-hybridized carbons (Fsp3) is 1.00. The van der Waals surface area contributed by atoms with Gasteiger partial charge < -0.3 is 5.11 Å². The van der Waals surface area contributed by atoms with Gasteiger partial charge in [-0.15, -0.1) is 0 Å². The van der Waals surface area contributed by atoms with E-state index in [-0.39, 0.29) is 6.10 Å². The molecule has 1 aliphatic heterocycles. The van der Waals surface area contributed by atoms with Crippen molar-refractivity contribution < 1.29 is 5.11 Å². The lowest BCUT2D eigenvalue weighted by molar-refractivity contribution is -0.0327. The highest BCUT2D eigenvalue weighted by atomic mass is 16.3. The van der Waals surface area contributed by atoms with E-state index in [9.17, 15) is 5.11 Å². The monoisotopic (exact) mass is 169 g/mol. The van der Waals surface area contributed by atoms with Crippen LogP contribution in [0.5, 0.6) is 0 Å². The first-order valence-corrected chi connectivity index (χ1v) is 5.19. The average Bonchev–Trinajstić information content (AvgIpc) is 2.06. The lowest BCUT2D eigenvalue weighted by Crippen LogP contribution is -2.52. The molecule has 0 aromatic heterocycles. The van der Waals surface area contributed by atoms with Gasteiger partial charge in [-0.25, -0.2) is 0 Å². The Hall–Kier alpha value is -0.0800. The van der Waals surface area contributed by atoms with Gasteiger partial charge in [0.2, 0.25) is 0 Å². The van der Waals surface area contributed by atoms with Crippen LogP contribution in [-0.4, -0.2) is 35.2 Å². The van der Waals surface area contributed by atoms with E-state index in [1.165, 1.54) is 32.4 Å². The predicted molar refractivity (Wildman–Crippen MR) is 49.0 cm³/mol. The van der Waals surface area contributed by atoms with Gasteiger partial charge >= 0.3 is 0 Å². The Morgan fingerprint density at radius 1 is 1.08 bits per heavy atom. The summed E-state index contributed by atoms with van der Waals surface area (Å²) in [4.78, 5) is 2.48. The van der Waals surface area contributed by atoms with Gasteiger partial charge in [0.05, 0.1) is 6.10 Å². The highest BCUT2D eigenvalue weighted by Crippen LogP contribution is 2.29. The van der Waals surface area contributed by atoms with Crippen molar-refractivity contribution in [3.05, 3.63) is 0 Å². The summed E-state index contributed by atoms with van der Waals surface area (Å²) in [5.74, 6) is 0.901. The summed E-state index contributed by atoms with van der Waals surface area (Å²) < 4.78 is 0. The number of aliphatic hydroxyl groups is 1. The quantitative estimate of drug-likeness (QED) is 0.638. The molecule has 1 heterocycles. The Labute approximate surface area is 74.6 Å². The first-order chi connectivity index (χ1) is 5.77. The number of likely N-dealkylation sites (tertiary alicyclic amines) is 1. The van der Waals surface area contributed by atoms with Crippen LogP contribution in [0.4, 0.5) is 0 Å². The summed E-state index contributed by atoms with van der Waals surface area (Å²) in [6.07, 6.45) is 4.87. The molecule has 2 aliphatic rings. The van der Waals surface area contributed by atoms with Crippen LogP contribution in [0.15, 0.2) is 0 Å². The molecule has 2 heteroatoms. The smallest absolute Gasteiger partial charge is 0.0696 e. The zero-order valence-corrected chi connectivity index (χ0v) is 7.87. The number of hydrogen-bond acceptors (Lipinski definition) is 2. The Balaban J connectivity index is 1.81. The van der Waals surface area contributed by atoms with E-state index in [1.54, 1.807) is 0 Å². The Morgan fingerprint density at radius 3 is 2.17 bits per heavy atom. The van der Waals surface area contributed by atoms with Crippen LogP contribution in [0.25, 0.3) is 0 Å². The van der Waals surface area contributed by atoms with Crippen LogP contribution in [0.3, 0.4) is 0 Å². The van der Waals surface area contributed by atoms with Gasteiger partial charge in [0.1, 0.15) is 0 Å².